The van der Waals surface area contributed by atoms with Crippen LogP contribution in [0.3, 0.4) is 0 Å². The summed E-state index contributed by atoms with van der Waals surface area (Å²) in [5.74, 6) is 0.924. The molecule has 2 N–H and O–H groups in total. The summed E-state index contributed by atoms with van der Waals surface area (Å²) in [5, 5.41) is 16.5. The van der Waals surface area contributed by atoms with Crippen molar-refractivity contribution in [2.45, 2.75) is 18.9 Å². The number of anilines is 1. The van der Waals surface area contributed by atoms with E-state index in [0.29, 0.717) is 6.54 Å². The minimum atomic E-state index is -0.543. The molecule has 4 nitrogen and oxygen atoms in total. The lowest BCUT2D eigenvalue weighted by atomic mass is 10.1. The van der Waals surface area contributed by atoms with E-state index in [0.717, 1.165) is 18.8 Å². The fourth-order valence-electron chi connectivity index (χ4n) is 1.57. The second-order valence-corrected chi connectivity index (χ2v) is 3.60. The van der Waals surface area contributed by atoms with Gasteiger partial charge in [-0.15, -0.1) is 0 Å². The molecule has 0 amide bonds. The summed E-state index contributed by atoms with van der Waals surface area (Å²) in [6, 6.07) is 1.92. The average Bonchev–Trinajstić information content (AvgIpc) is 2.55. The fraction of sp³-hybridized carbons (Fsp3) is 0.625. The minimum Gasteiger partial charge on any atom is -0.388 e. The number of aromatic nitrogens is 2. The van der Waals surface area contributed by atoms with Gasteiger partial charge < -0.3 is 10.0 Å². The van der Waals surface area contributed by atoms with Crippen LogP contribution in [0, 0.1) is 0 Å². The van der Waals surface area contributed by atoms with Crippen LogP contribution in [0.4, 0.5) is 5.82 Å². The summed E-state index contributed by atoms with van der Waals surface area (Å²) in [4.78, 5) is 2.08. The monoisotopic (exact) mass is 167 g/mol. The van der Waals surface area contributed by atoms with Crippen molar-refractivity contribution in [2.75, 3.05) is 18.0 Å². The Labute approximate surface area is 71.2 Å². The van der Waals surface area contributed by atoms with Gasteiger partial charge in [-0.2, -0.15) is 5.10 Å². The fourth-order valence-corrected chi connectivity index (χ4v) is 1.57. The minimum absolute atomic E-state index is 0.543. The van der Waals surface area contributed by atoms with Crippen LogP contribution in [0.5, 0.6) is 0 Å². The van der Waals surface area contributed by atoms with E-state index in [4.69, 9.17) is 0 Å². The number of H-pyrrole nitrogens is 1. The van der Waals surface area contributed by atoms with Gasteiger partial charge in [0.15, 0.2) is 0 Å². The van der Waals surface area contributed by atoms with E-state index < -0.39 is 5.60 Å². The zero-order chi connectivity index (χ0) is 8.60. The quantitative estimate of drug-likeness (QED) is 0.635. The topological polar surface area (TPSA) is 52.1 Å². The first-order chi connectivity index (χ1) is 5.67. The lowest BCUT2D eigenvalue weighted by Gasteiger charge is -2.17. The van der Waals surface area contributed by atoms with E-state index >= 15 is 0 Å². The Morgan fingerprint density at radius 2 is 2.58 bits per heavy atom. The molecule has 1 aromatic heterocycles. The van der Waals surface area contributed by atoms with Crippen molar-refractivity contribution in [1.82, 2.24) is 10.2 Å². The van der Waals surface area contributed by atoms with E-state index in [-0.39, 0.29) is 0 Å². The highest BCUT2D eigenvalue weighted by atomic mass is 16.3. The predicted octanol–water partition coefficient (Wildman–Crippen LogP) is 0.371. The smallest absolute Gasteiger partial charge is 0.150 e. The predicted molar refractivity (Wildman–Crippen MR) is 46.0 cm³/mol. The van der Waals surface area contributed by atoms with Crippen LogP contribution in [0.15, 0.2) is 12.3 Å². The third kappa shape index (κ3) is 1.30. The molecular formula is C8H13N3O. The Morgan fingerprint density at radius 3 is 3.08 bits per heavy atom. The van der Waals surface area contributed by atoms with E-state index in [1.54, 1.807) is 6.20 Å². The summed E-state index contributed by atoms with van der Waals surface area (Å²) in [6.45, 7) is 3.43. The van der Waals surface area contributed by atoms with Crippen molar-refractivity contribution in [1.29, 1.82) is 0 Å². The first kappa shape index (κ1) is 7.61. The number of hydrogen-bond acceptors (Lipinski definition) is 3. The molecule has 1 aliphatic heterocycles. The molecule has 0 aromatic carbocycles. The van der Waals surface area contributed by atoms with Gasteiger partial charge in [0.25, 0.3) is 0 Å². The van der Waals surface area contributed by atoms with Gasteiger partial charge in [-0.25, -0.2) is 0 Å². The number of hydrogen-bond donors (Lipinski definition) is 2. The molecule has 0 saturated carbocycles. The third-order valence-corrected chi connectivity index (χ3v) is 2.26. The number of β-amino-alcohol motifs (C(OH)–C–C–N with tert-alkyl or cyclic N) is 1. The van der Waals surface area contributed by atoms with Gasteiger partial charge in [0, 0.05) is 25.4 Å². The van der Waals surface area contributed by atoms with Crippen LogP contribution in [-0.4, -0.2) is 34.0 Å². The van der Waals surface area contributed by atoms with Gasteiger partial charge in [-0.3, -0.25) is 5.10 Å². The Kier molecular flexibility index (Phi) is 1.58. The van der Waals surface area contributed by atoms with Crippen molar-refractivity contribution in [3.05, 3.63) is 12.3 Å². The number of nitrogens with one attached hydrogen (secondary N) is 1. The summed E-state index contributed by atoms with van der Waals surface area (Å²) in [6.07, 6.45) is 2.61. The zero-order valence-corrected chi connectivity index (χ0v) is 7.12. The van der Waals surface area contributed by atoms with E-state index in [9.17, 15) is 5.11 Å². The molecular weight excluding hydrogens is 154 g/mol. The van der Waals surface area contributed by atoms with Crippen molar-refractivity contribution in [3.63, 3.8) is 0 Å². The lowest BCUT2D eigenvalue weighted by Crippen LogP contribution is -2.29. The van der Waals surface area contributed by atoms with Crippen LogP contribution >= 0.6 is 0 Å². The SMILES string of the molecule is C[C@]1(O)CCN(c2cc[nH]n2)C1. The molecule has 0 aliphatic carbocycles. The summed E-state index contributed by atoms with van der Waals surface area (Å²) >= 11 is 0. The largest absolute Gasteiger partial charge is 0.388 e. The number of rotatable bonds is 1. The first-order valence-electron chi connectivity index (χ1n) is 4.14. The molecule has 12 heavy (non-hydrogen) atoms. The zero-order valence-electron chi connectivity index (χ0n) is 7.12. The highest BCUT2D eigenvalue weighted by molar-refractivity contribution is 5.38. The Bertz CT molecular complexity index is 255. The van der Waals surface area contributed by atoms with Crippen LogP contribution in [-0.2, 0) is 0 Å². The Hall–Kier alpha value is -1.03. The summed E-state index contributed by atoms with van der Waals surface area (Å²) < 4.78 is 0. The Morgan fingerprint density at radius 1 is 1.75 bits per heavy atom. The maximum Gasteiger partial charge on any atom is 0.150 e. The maximum atomic E-state index is 9.68. The molecule has 0 spiro atoms. The molecule has 4 heteroatoms. The highest BCUT2D eigenvalue weighted by Gasteiger charge is 2.31. The van der Waals surface area contributed by atoms with Crippen molar-refractivity contribution in [3.8, 4) is 0 Å². The normalized spacial score (nSPS) is 29.7. The maximum absolute atomic E-state index is 9.68. The van der Waals surface area contributed by atoms with Crippen LogP contribution < -0.4 is 4.90 Å². The average molecular weight is 167 g/mol. The number of aromatic amines is 1. The van der Waals surface area contributed by atoms with Crippen molar-refractivity contribution < 1.29 is 5.11 Å². The molecule has 1 aliphatic rings. The van der Waals surface area contributed by atoms with Crippen LogP contribution in [0.1, 0.15) is 13.3 Å². The second-order valence-electron chi connectivity index (χ2n) is 3.60. The van der Waals surface area contributed by atoms with Gasteiger partial charge in [-0.1, -0.05) is 0 Å². The van der Waals surface area contributed by atoms with Gasteiger partial charge in [0.1, 0.15) is 5.82 Å². The molecule has 2 heterocycles. The molecule has 1 fully saturated rings. The van der Waals surface area contributed by atoms with E-state index in [2.05, 4.69) is 15.1 Å². The van der Waals surface area contributed by atoms with Crippen LogP contribution in [0.2, 0.25) is 0 Å². The van der Waals surface area contributed by atoms with Gasteiger partial charge in [-0.05, 0) is 13.3 Å². The van der Waals surface area contributed by atoms with Gasteiger partial charge >= 0.3 is 0 Å². The third-order valence-electron chi connectivity index (χ3n) is 2.26. The molecule has 1 aromatic rings. The first-order valence-corrected chi connectivity index (χ1v) is 4.14. The van der Waals surface area contributed by atoms with Gasteiger partial charge in [0.2, 0.25) is 0 Å². The van der Waals surface area contributed by atoms with Crippen molar-refractivity contribution >= 4 is 5.82 Å². The Balaban J connectivity index is 2.10. The molecule has 1 atom stereocenters. The highest BCUT2D eigenvalue weighted by Crippen LogP contribution is 2.24. The summed E-state index contributed by atoms with van der Waals surface area (Å²) in [5.41, 5.74) is -0.543. The van der Waals surface area contributed by atoms with Gasteiger partial charge in [0.05, 0.1) is 5.60 Å². The molecule has 0 bridgehead atoms. The molecule has 2 rings (SSSR count). The molecule has 0 unspecified atom stereocenters. The molecule has 0 radical (unpaired) electrons. The van der Waals surface area contributed by atoms with Crippen LogP contribution in [0.25, 0.3) is 0 Å². The standard InChI is InChI=1S/C8H13N3O/c1-8(12)3-5-11(6-8)7-2-4-9-10-7/h2,4,12H,3,5-6H2,1H3,(H,9,10)/t8-/m0/s1. The van der Waals surface area contributed by atoms with E-state index in [1.807, 2.05) is 13.0 Å². The van der Waals surface area contributed by atoms with Crippen molar-refractivity contribution in [2.24, 2.45) is 0 Å². The molecule has 66 valence electrons. The number of aliphatic hydroxyl groups is 1. The van der Waals surface area contributed by atoms with E-state index in [1.165, 1.54) is 0 Å². The summed E-state index contributed by atoms with van der Waals surface area (Å²) in [7, 11) is 0. The molecule has 1 saturated heterocycles. The lowest BCUT2D eigenvalue weighted by molar-refractivity contribution is 0.0839. The second kappa shape index (κ2) is 2.48. The number of nitrogens with zero attached hydrogens (tertiary/aromatic N) is 2.